The third-order valence-electron chi connectivity index (χ3n) is 3.54. The predicted octanol–water partition coefficient (Wildman–Crippen LogP) is 1.38. The molecule has 0 radical (unpaired) electrons. The highest BCUT2D eigenvalue weighted by Crippen LogP contribution is 2.45. The Labute approximate surface area is 111 Å². The fourth-order valence-corrected chi connectivity index (χ4v) is 1.99. The van der Waals surface area contributed by atoms with Gasteiger partial charge < -0.3 is 16.2 Å². The molecule has 1 aliphatic carbocycles. The molecule has 1 aromatic rings. The maximum atomic E-state index is 12.0. The number of hydrogen-bond acceptors (Lipinski definition) is 3. The van der Waals surface area contributed by atoms with Crippen LogP contribution in [0, 0.1) is 5.41 Å². The number of nitrogens with one attached hydrogen (secondary N) is 1. The number of carbonyl (C=O) groups is 2. The summed E-state index contributed by atoms with van der Waals surface area (Å²) in [6, 6.07) is 7.28. The highest BCUT2D eigenvalue weighted by Gasteiger charge is 2.48. The minimum atomic E-state index is -0.825. The Balaban J connectivity index is 1.99. The average molecular weight is 262 g/mol. The minimum absolute atomic E-state index is 0.0367. The Morgan fingerprint density at radius 2 is 2.11 bits per heavy atom. The lowest BCUT2D eigenvalue weighted by atomic mass is 10.1. The van der Waals surface area contributed by atoms with Crippen molar-refractivity contribution in [2.24, 2.45) is 11.1 Å². The summed E-state index contributed by atoms with van der Waals surface area (Å²) >= 11 is 0. The first-order valence-corrected chi connectivity index (χ1v) is 6.38. The Bertz CT molecular complexity index is 495. The second-order valence-corrected chi connectivity index (χ2v) is 5.03. The highest BCUT2D eigenvalue weighted by atomic mass is 16.4. The second-order valence-electron chi connectivity index (χ2n) is 5.03. The molecule has 1 fully saturated rings. The number of carboxylic acids is 1. The van der Waals surface area contributed by atoms with E-state index in [1.54, 1.807) is 6.07 Å². The van der Waals surface area contributed by atoms with E-state index in [2.05, 4.69) is 5.32 Å². The molecule has 0 aromatic heterocycles. The van der Waals surface area contributed by atoms with Gasteiger partial charge in [-0.1, -0.05) is 12.1 Å². The topological polar surface area (TPSA) is 92.4 Å². The van der Waals surface area contributed by atoms with Crippen LogP contribution in [0.3, 0.4) is 0 Å². The first-order chi connectivity index (χ1) is 9.05. The lowest BCUT2D eigenvalue weighted by Crippen LogP contribution is -2.30. The molecule has 0 spiro atoms. The van der Waals surface area contributed by atoms with Crippen LogP contribution < -0.4 is 11.1 Å². The number of carbonyl (C=O) groups excluding carboxylic acids is 1. The van der Waals surface area contributed by atoms with E-state index in [0.717, 1.165) is 18.4 Å². The lowest BCUT2D eigenvalue weighted by molar-refractivity contribution is -0.137. The average Bonchev–Trinajstić information content (AvgIpc) is 3.18. The molecular formula is C14H18N2O3. The van der Waals surface area contributed by atoms with Crippen LogP contribution in [0.15, 0.2) is 24.3 Å². The predicted molar refractivity (Wildman–Crippen MR) is 71.7 cm³/mol. The van der Waals surface area contributed by atoms with Gasteiger partial charge in [-0.25, -0.2) is 0 Å². The minimum Gasteiger partial charge on any atom is -0.481 e. The molecule has 1 aliphatic rings. The van der Waals surface area contributed by atoms with Crippen LogP contribution >= 0.6 is 0 Å². The first kappa shape index (κ1) is 13.5. The van der Waals surface area contributed by atoms with Crippen molar-refractivity contribution >= 4 is 17.6 Å². The molecule has 4 N–H and O–H groups in total. The van der Waals surface area contributed by atoms with Crippen LogP contribution in [0.25, 0.3) is 0 Å². The van der Waals surface area contributed by atoms with Crippen LogP contribution in [-0.2, 0) is 16.0 Å². The van der Waals surface area contributed by atoms with Crippen molar-refractivity contribution in [1.82, 2.24) is 0 Å². The maximum Gasteiger partial charge on any atom is 0.303 e. The van der Waals surface area contributed by atoms with Crippen molar-refractivity contribution in [3.05, 3.63) is 29.8 Å². The van der Waals surface area contributed by atoms with Gasteiger partial charge in [-0.15, -0.1) is 0 Å². The van der Waals surface area contributed by atoms with Crippen molar-refractivity contribution in [1.29, 1.82) is 0 Å². The fraction of sp³-hybridized carbons (Fsp3) is 0.429. The number of benzene rings is 1. The van der Waals surface area contributed by atoms with Gasteiger partial charge in [-0.05, 0) is 37.0 Å². The van der Waals surface area contributed by atoms with Gasteiger partial charge in [-0.3, -0.25) is 9.59 Å². The van der Waals surface area contributed by atoms with Crippen LogP contribution in [0.1, 0.15) is 24.8 Å². The normalized spacial score (nSPS) is 15.8. The summed E-state index contributed by atoms with van der Waals surface area (Å²) in [4.78, 5) is 22.6. The van der Waals surface area contributed by atoms with Crippen molar-refractivity contribution < 1.29 is 14.7 Å². The van der Waals surface area contributed by atoms with E-state index < -0.39 is 5.97 Å². The molecule has 1 amide bonds. The lowest BCUT2D eigenvalue weighted by Gasteiger charge is -2.13. The zero-order valence-electron chi connectivity index (χ0n) is 10.7. The van der Waals surface area contributed by atoms with E-state index in [-0.39, 0.29) is 17.7 Å². The van der Waals surface area contributed by atoms with E-state index >= 15 is 0 Å². The SMILES string of the molecule is NCC1(C(=O)Nc2cccc(CCC(=O)O)c2)CC1. The summed E-state index contributed by atoms with van der Waals surface area (Å²) in [5.74, 6) is -0.861. The number of nitrogens with two attached hydrogens (primary N) is 1. The van der Waals surface area contributed by atoms with Gasteiger partial charge in [0.2, 0.25) is 5.91 Å². The van der Waals surface area contributed by atoms with Crippen LogP contribution in [0.5, 0.6) is 0 Å². The number of carboxylic acid groups (broad SMARTS) is 1. The van der Waals surface area contributed by atoms with Crippen molar-refractivity contribution in [2.45, 2.75) is 25.7 Å². The largest absolute Gasteiger partial charge is 0.481 e. The second kappa shape index (κ2) is 5.40. The number of aliphatic carboxylic acids is 1. The maximum absolute atomic E-state index is 12.0. The van der Waals surface area contributed by atoms with Crippen molar-refractivity contribution in [3.63, 3.8) is 0 Å². The number of hydrogen-bond donors (Lipinski definition) is 3. The molecule has 1 saturated carbocycles. The molecule has 1 aromatic carbocycles. The molecule has 0 heterocycles. The number of rotatable bonds is 6. The summed E-state index contributed by atoms with van der Waals surface area (Å²) in [5, 5.41) is 11.5. The molecule has 0 bridgehead atoms. The zero-order valence-corrected chi connectivity index (χ0v) is 10.7. The Kier molecular flexibility index (Phi) is 3.85. The summed E-state index contributed by atoms with van der Waals surface area (Å²) in [7, 11) is 0. The van der Waals surface area contributed by atoms with Gasteiger partial charge in [0.15, 0.2) is 0 Å². The van der Waals surface area contributed by atoms with Gasteiger partial charge in [-0.2, -0.15) is 0 Å². The summed E-state index contributed by atoms with van der Waals surface area (Å²) in [6.45, 7) is 0.373. The molecule has 5 nitrogen and oxygen atoms in total. The number of aryl methyl sites for hydroxylation is 1. The smallest absolute Gasteiger partial charge is 0.303 e. The summed E-state index contributed by atoms with van der Waals surface area (Å²) < 4.78 is 0. The monoisotopic (exact) mass is 262 g/mol. The molecular weight excluding hydrogens is 244 g/mol. The van der Waals surface area contributed by atoms with Crippen LogP contribution in [0.4, 0.5) is 5.69 Å². The Morgan fingerprint density at radius 1 is 1.37 bits per heavy atom. The van der Waals surface area contributed by atoms with Gasteiger partial charge in [0.25, 0.3) is 0 Å². The Morgan fingerprint density at radius 3 is 2.68 bits per heavy atom. The van der Waals surface area contributed by atoms with E-state index in [9.17, 15) is 9.59 Å². The number of amides is 1. The van der Waals surface area contributed by atoms with E-state index in [4.69, 9.17) is 10.8 Å². The number of anilines is 1. The van der Waals surface area contributed by atoms with Crippen LogP contribution in [-0.4, -0.2) is 23.5 Å². The van der Waals surface area contributed by atoms with E-state index in [1.807, 2.05) is 18.2 Å². The van der Waals surface area contributed by atoms with E-state index in [1.165, 1.54) is 0 Å². The van der Waals surface area contributed by atoms with Gasteiger partial charge in [0.1, 0.15) is 0 Å². The van der Waals surface area contributed by atoms with Gasteiger partial charge in [0.05, 0.1) is 5.41 Å². The fourth-order valence-electron chi connectivity index (χ4n) is 1.99. The Hall–Kier alpha value is -1.88. The molecule has 0 atom stereocenters. The third-order valence-corrected chi connectivity index (χ3v) is 3.54. The standard InChI is InChI=1S/C14H18N2O3/c15-9-14(6-7-14)13(19)16-11-3-1-2-10(8-11)4-5-12(17)18/h1-3,8H,4-7,9,15H2,(H,16,19)(H,17,18). The highest BCUT2D eigenvalue weighted by molar-refractivity contribution is 5.97. The van der Waals surface area contributed by atoms with Crippen LogP contribution in [0.2, 0.25) is 0 Å². The van der Waals surface area contributed by atoms with Crippen molar-refractivity contribution in [2.75, 3.05) is 11.9 Å². The quantitative estimate of drug-likeness (QED) is 0.722. The molecule has 0 unspecified atom stereocenters. The van der Waals surface area contributed by atoms with Gasteiger partial charge in [0, 0.05) is 18.7 Å². The summed E-state index contributed by atoms with van der Waals surface area (Å²) in [5.41, 5.74) is 6.83. The first-order valence-electron chi connectivity index (χ1n) is 6.38. The molecule has 19 heavy (non-hydrogen) atoms. The third kappa shape index (κ3) is 3.32. The molecule has 2 rings (SSSR count). The molecule has 102 valence electrons. The zero-order chi connectivity index (χ0) is 13.9. The molecule has 0 aliphatic heterocycles. The van der Waals surface area contributed by atoms with Crippen molar-refractivity contribution in [3.8, 4) is 0 Å². The molecule has 0 saturated heterocycles. The van der Waals surface area contributed by atoms with Gasteiger partial charge >= 0.3 is 5.97 Å². The van der Waals surface area contributed by atoms with E-state index in [0.29, 0.717) is 18.7 Å². The summed E-state index contributed by atoms with van der Waals surface area (Å²) in [6.07, 6.45) is 2.23. The molecule has 5 heteroatoms.